The molecule has 0 spiro atoms. The number of thioether (sulfide) groups is 1. The van der Waals surface area contributed by atoms with Crippen LogP contribution in [0.3, 0.4) is 0 Å². The highest BCUT2D eigenvalue weighted by Gasteiger charge is 2.37. The molecule has 1 atom stereocenters. The summed E-state index contributed by atoms with van der Waals surface area (Å²) in [6.45, 7) is 8.13. The number of hydrogen-bond acceptors (Lipinski definition) is 6. The molecule has 6 nitrogen and oxygen atoms in total. The molecule has 33 heavy (non-hydrogen) atoms. The predicted molar refractivity (Wildman–Crippen MR) is 128 cm³/mol. The minimum atomic E-state index is -1.02. The smallest absolute Gasteiger partial charge is 0.247 e. The molecule has 0 unspecified atom stereocenters. The highest BCUT2D eigenvalue weighted by molar-refractivity contribution is 7.99. The van der Waals surface area contributed by atoms with Crippen LogP contribution in [0.5, 0.6) is 5.88 Å². The highest BCUT2D eigenvalue weighted by atomic mass is 32.2. The molecular formula is C25H27FN4O2S. The van der Waals surface area contributed by atoms with E-state index in [1.807, 2.05) is 32.0 Å². The minimum Gasteiger partial charge on any atom is -0.447 e. The van der Waals surface area contributed by atoms with E-state index >= 15 is 0 Å². The summed E-state index contributed by atoms with van der Waals surface area (Å²) in [6.07, 6.45) is -0.0683. The monoisotopic (exact) mass is 466 g/mol. The quantitative estimate of drug-likeness (QED) is 0.418. The summed E-state index contributed by atoms with van der Waals surface area (Å²) in [6, 6.07) is 12.1. The van der Waals surface area contributed by atoms with Gasteiger partial charge in [-0.3, -0.25) is 9.69 Å². The van der Waals surface area contributed by atoms with Crippen LogP contribution in [0.4, 0.5) is 10.1 Å². The van der Waals surface area contributed by atoms with Gasteiger partial charge in [0.1, 0.15) is 5.82 Å². The number of aromatic nitrogens is 3. The first-order valence-electron chi connectivity index (χ1n) is 11.1. The van der Waals surface area contributed by atoms with E-state index in [9.17, 15) is 9.18 Å². The number of ether oxygens (including phenoxy) is 1. The van der Waals surface area contributed by atoms with E-state index in [1.54, 1.807) is 18.2 Å². The second kappa shape index (κ2) is 9.87. The van der Waals surface area contributed by atoms with Crippen LogP contribution >= 0.6 is 11.8 Å². The lowest BCUT2D eigenvalue weighted by molar-refractivity contribution is -0.120. The zero-order chi connectivity index (χ0) is 23.5. The normalized spacial score (nSPS) is 15.0. The van der Waals surface area contributed by atoms with Gasteiger partial charge in [0.25, 0.3) is 0 Å². The average Bonchev–Trinajstić information content (AvgIpc) is 2.92. The molecule has 1 amide bonds. The molecule has 0 fully saturated rings. The molecule has 0 aliphatic carbocycles. The van der Waals surface area contributed by atoms with Gasteiger partial charge in [-0.25, -0.2) is 4.39 Å². The molecular weight excluding hydrogens is 439 g/mol. The van der Waals surface area contributed by atoms with Gasteiger partial charge in [-0.1, -0.05) is 62.4 Å². The van der Waals surface area contributed by atoms with Gasteiger partial charge in [-0.05, 0) is 37.5 Å². The number of carbonyl (C=O) groups is 1. The van der Waals surface area contributed by atoms with Crippen LogP contribution in [-0.4, -0.2) is 26.8 Å². The second-order valence-corrected chi connectivity index (χ2v) is 9.47. The average molecular weight is 467 g/mol. The fourth-order valence-electron chi connectivity index (χ4n) is 3.66. The van der Waals surface area contributed by atoms with Crippen LogP contribution in [0, 0.1) is 18.7 Å². The molecule has 1 aromatic heterocycles. The third kappa shape index (κ3) is 4.85. The molecule has 0 saturated heterocycles. The number of halogens is 1. The molecule has 2 aromatic carbocycles. The standard InChI is InChI=1S/C25H27FN4O2S/c1-5-8-21(31)30-20-12-11-16(4)13-18(20)22-23(27-25(29-28-22)33-14-15(2)3)32-24(30)17-9-6-7-10-19(17)26/h6-7,9-13,15,24H,5,8,14H2,1-4H3/t24-/m1/s1. The van der Waals surface area contributed by atoms with Crippen molar-refractivity contribution in [2.75, 3.05) is 10.7 Å². The van der Waals surface area contributed by atoms with Crippen LogP contribution in [0.25, 0.3) is 11.3 Å². The molecule has 2 heterocycles. The fourth-order valence-corrected chi connectivity index (χ4v) is 4.39. The number of aryl methyl sites for hydroxylation is 1. The van der Waals surface area contributed by atoms with Crippen molar-refractivity contribution in [2.24, 2.45) is 5.92 Å². The molecule has 4 rings (SSSR count). The van der Waals surface area contributed by atoms with Gasteiger partial charge in [0.05, 0.1) is 5.69 Å². The zero-order valence-corrected chi connectivity index (χ0v) is 20.0. The topological polar surface area (TPSA) is 68.2 Å². The lowest BCUT2D eigenvalue weighted by Gasteiger charge is -2.31. The maximum absolute atomic E-state index is 15.0. The predicted octanol–water partition coefficient (Wildman–Crippen LogP) is 5.96. The Bertz CT molecular complexity index is 1170. The van der Waals surface area contributed by atoms with Crippen LogP contribution < -0.4 is 9.64 Å². The number of rotatable bonds is 6. The Morgan fingerprint density at radius 2 is 2.00 bits per heavy atom. The molecule has 0 radical (unpaired) electrons. The van der Waals surface area contributed by atoms with Crippen molar-refractivity contribution >= 4 is 23.4 Å². The number of benzene rings is 2. The van der Waals surface area contributed by atoms with Crippen LogP contribution in [0.1, 0.15) is 51.0 Å². The SMILES string of the molecule is CCCC(=O)N1c2ccc(C)cc2-c2nnc(SCC(C)C)nc2O[C@@H]1c1ccccc1F. The van der Waals surface area contributed by atoms with Crippen LogP contribution in [0.2, 0.25) is 0 Å². The molecule has 1 aliphatic rings. The molecule has 0 N–H and O–H groups in total. The molecule has 8 heteroatoms. The van der Waals surface area contributed by atoms with Crippen LogP contribution in [-0.2, 0) is 4.79 Å². The molecule has 172 valence electrons. The fraction of sp³-hybridized carbons (Fsp3) is 0.360. The van der Waals surface area contributed by atoms with E-state index in [2.05, 4.69) is 29.0 Å². The van der Waals surface area contributed by atoms with Crippen molar-refractivity contribution in [1.29, 1.82) is 0 Å². The Morgan fingerprint density at radius 3 is 2.73 bits per heavy atom. The van der Waals surface area contributed by atoms with Gasteiger partial charge in [0.2, 0.25) is 23.2 Å². The van der Waals surface area contributed by atoms with E-state index in [-0.39, 0.29) is 17.4 Å². The Morgan fingerprint density at radius 1 is 1.21 bits per heavy atom. The number of amides is 1. The van der Waals surface area contributed by atoms with Gasteiger partial charge in [0.15, 0.2) is 5.69 Å². The number of fused-ring (bicyclic) bond motifs is 3. The van der Waals surface area contributed by atoms with Gasteiger partial charge in [0, 0.05) is 23.3 Å². The third-order valence-electron chi connectivity index (χ3n) is 5.21. The Kier molecular flexibility index (Phi) is 6.93. The number of carbonyl (C=O) groups excluding carboxylic acids is 1. The van der Waals surface area contributed by atoms with Gasteiger partial charge >= 0.3 is 0 Å². The lowest BCUT2D eigenvalue weighted by atomic mass is 10.0. The maximum Gasteiger partial charge on any atom is 0.247 e. The van der Waals surface area contributed by atoms with Crippen molar-refractivity contribution in [3.05, 3.63) is 59.4 Å². The Balaban J connectivity index is 1.92. The first-order valence-corrected chi connectivity index (χ1v) is 12.1. The summed E-state index contributed by atoms with van der Waals surface area (Å²) in [5.41, 5.74) is 2.98. The third-order valence-corrected chi connectivity index (χ3v) is 6.47. The summed E-state index contributed by atoms with van der Waals surface area (Å²) in [5, 5.41) is 9.22. The largest absolute Gasteiger partial charge is 0.447 e. The van der Waals surface area contributed by atoms with Crippen molar-refractivity contribution < 1.29 is 13.9 Å². The minimum absolute atomic E-state index is 0.161. The summed E-state index contributed by atoms with van der Waals surface area (Å²) in [5.74, 6) is 0.906. The summed E-state index contributed by atoms with van der Waals surface area (Å²) in [7, 11) is 0. The maximum atomic E-state index is 15.0. The van der Waals surface area contributed by atoms with Crippen molar-refractivity contribution in [3.63, 3.8) is 0 Å². The zero-order valence-electron chi connectivity index (χ0n) is 19.2. The van der Waals surface area contributed by atoms with Gasteiger partial charge in [-0.15, -0.1) is 10.2 Å². The lowest BCUT2D eigenvalue weighted by Crippen LogP contribution is -2.38. The van der Waals surface area contributed by atoms with Crippen LogP contribution in [0.15, 0.2) is 47.6 Å². The highest BCUT2D eigenvalue weighted by Crippen LogP contribution is 2.44. The van der Waals surface area contributed by atoms with Crippen molar-refractivity contribution in [2.45, 2.75) is 51.9 Å². The van der Waals surface area contributed by atoms with E-state index in [0.29, 0.717) is 40.9 Å². The van der Waals surface area contributed by atoms with Gasteiger partial charge < -0.3 is 4.74 Å². The number of hydrogen-bond donors (Lipinski definition) is 0. The first kappa shape index (κ1) is 23.2. The molecule has 3 aromatic rings. The van der Waals surface area contributed by atoms with Gasteiger partial charge in [-0.2, -0.15) is 4.98 Å². The second-order valence-electron chi connectivity index (χ2n) is 8.48. The molecule has 0 saturated carbocycles. The van der Waals surface area contributed by atoms with Crippen molar-refractivity contribution in [3.8, 4) is 17.1 Å². The van der Waals surface area contributed by atoms with E-state index in [4.69, 9.17) is 4.74 Å². The molecule has 0 bridgehead atoms. The van der Waals surface area contributed by atoms with E-state index < -0.39 is 12.0 Å². The Hall–Kier alpha value is -3.00. The molecule has 1 aliphatic heterocycles. The van der Waals surface area contributed by atoms with E-state index in [1.165, 1.54) is 22.7 Å². The van der Waals surface area contributed by atoms with Crippen molar-refractivity contribution in [1.82, 2.24) is 15.2 Å². The van der Waals surface area contributed by atoms with E-state index in [0.717, 1.165) is 11.3 Å². The first-order chi connectivity index (χ1) is 15.9. The summed E-state index contributed by atoms with van der Waals surface area (Å²) < 4.78 is 21.3. The number of nitrogens with zero attached hydrogens (tertiary/aromatic N) is 4. The summed E-state index contributed by atoms with van der Waals surface area (Å²) >= 11 is 1.49. The number of anilines is 1. The Labute approximate surface area is 197 Å². The summed E-state index contributed by atoms with van der Waals surface area (Å²) in [4.78, 5) is 19.5.